The van der Waals surface area contributed by atoms with Crippen LogP contribution >= 0.6 is 0 Å². The van der Waals surface area contributed by atoms with Crippen molar-refractivity contribution < 1.29 is 27.5 Å². The Balaban J connectivity index is 2.70. The van der Waals surface area contributed by atoms with Gasteiger partial charge in [-0.25, -0.2) is 13.2 Å². The Hall–Kier alpha value is -1.31. The van der Waals surface area contributed by atoms with Crippen LogP contribution in [0.25, 0.3) is 0 Å². The van der Waals surface area contributed by atoms with E-state index in [9.17, 15) is 18.0 Å². The Bertz CT molecular complexity index is 479. The van der Waals surface area contributed by atoms with Gasteiger partial charge in [-0.1, -0.05) is 0 Å². The van der Waals surface area contributed by atoms with Crippen LogP contribution in [0.4, 0.5) is 4.79 Å². The van der Waals surface area contributed by atoms with Gasteiger partial charge in [0.05, 0.1) is 31.1 Å². The molecule has 1 aliphatic heterocycles. The second-order valence-electron chi connectivity index (χ2n) is 5.87. The van der Waals surface area contributed by atoms with Crippen LogP contribution in [0.2, 0.25) is 0 Å². The summed E-state index contributed by atoms with van der Waals surface area (Å²) in [5.74, 6) is -1.31. The highest BCUT2D eigenvalue weighted by Crippen LogP contribution is 2.23. The predicted octanol–water partition coefficient (Wildman–Crippen LogP) is 0.487. The largest absolute Gasteiger partial charge is 0.469 e. The lowest BCUT2D eigenvalue weighted by atomic mass is 10.0. The highest BCUT2D eigenvalue weighted by atomic mass is 32.2. The molecule has 0 aromatic heterocycles. The Morgan fingerprint density at radius 1 is 1.25 bits per heavy atom. The molecule has 8 heteroatoms. The summed E-state index contributed by atoms with van der Waals surface area (Å²) >= 11 is 0. The number of ether oxygens (including phenoxy) is 2. The van der Waals surface area contributed by atoms with Gasteiger partial charge < -0.3 is 14.8 Å². The minimum absolute atomic E-state index is 0.0454. The highest BCUT2D eigenvalue weighted by Gasteiger charge is 2.40. The smallest absolute Gasteiger partial charge is 0.407 e. The summed E-state index contributed by atoms with van der Waals surface area (Å²) in [5, 5.41) is 2.52. The van der Waals surface area contributed by atoms with Crippen molar-refractivity contribution in [3.63, 3.8) is 0 Å². The molecule has 116 valence electrons. The molecule has 0 aromatic rings. The third-order valence-electron chi connectivity index (χ3n) is 2.83. The number of hydrogen-bond donors (Lipinski definition) is 1. The Morgan fingerprint density at radius 2 is 1.85 bits per heavy atom. The summed E-state index contributed by atoms with van der Waals surface area (Å²) in [7, 11) is -2.03. The first-order valence-electron chi connectivity index (χ1n) is 6.29. The van der Waals surface area contributed by atoms with Gasteiger partial charge in [0.2, 0.25) is 0 Å². The van der Waals surface area contributed by atoms with E-state index < -0.39 is 39.5 Å². The number of carbonyl (C=O) groups excluding carboxylic acids is 2. The molecular formula is C12H21NO6S. The molecule has 0 bridgehead atoms. The van der Waals surface area contributed by atoms with Crippen LogP contribution in [0.15, 0.2) is 0 Å². The molecule has 1 amide bonds. The normalized spacial score (nSPS) is 25.0. The summed E-state index contributed by atoms with van der Waals surface area (Å²) in [6.45, 7) is 5.14. The third kappa shape index (κ3) is 5.36. The number of esters is 1. The number of rotatable bonds is 3. The summed E-state index contributed by atoms with van der Waals surface area (Å²) in [5.41, 5.74) is -0.667. The molecule has 0 spiro atoms. The maximum Gasteiger partial charge on any atom is 0.407 e. The maximum absolute atomic E-state index is 11.7. The SMILES string of the molecule is COC(=O)C[C@H]1CS(=O)(=O)C[C@H]1NC(=O)OC(C)(C)C. The average Bonchev–Trinajstić information content (AvgIpc) is 2.49. The fourth-order valence-electron chi connectivity index (χ4n) is 2.04. The molecule has 2 atom stereocenters. The summed E-state index contributed by atoms with van der Waals surface area (Å²) in [6.07, 6.45) is -0.731. The monoisotopic (exact) mass is 307 g/mol. The van der Waals surface area contributed by atoms with E-state index in [1.54, 1.807) is 20.8 Å². The fourth-order valence-corrected chi connectivity index (χ4v) is 4.08. The molecule has 0 aromatic carbocycles. The van der Waals surface area contributed by atoms with Crippen molar-refractivity contribution in [1.82, 2.24) is 5.32 Å². The first-order chi connectivity index (χ1) is 9.02. The predicted molar refractivity (Wildman–Crippen MR) is 71.9 cm³/mol. The molecular weight excluding hydrogens is 286 g/mol. The zero-order valence-corrected chi connectivity index (χ0v) is 13.0. The van der Waals surface area contributed by atoms with E-state index in [0.717, 1.165) is 0 Å². The maximum atomic E-state index is 11.7. The molecule has 1 heterocycles. The lowest BCUT2D eigenvalue weighted by molar-refractivity contribution is -0.141. The Kier molecular flexibility index (Phi) is 5.01. The van der Waals surface area contributed by atoms with Crippen molar-refractivity contribution in [2.75, 3.05) is 18.6 Å². The van der Waals surface area contributed by atoms with Crippen molar-refractivity contribution >= 4 is 21.9 Å². The first-order valence-corrected chi connectivity index (χ1v) is 8.11. The van der Waals surface area contributed by atoms with Crippen LogP contribution in [0.1, 0.15) is 27.2 Å². The van der Waals surface area contributed by atoms with Gasteiger partial charge in [-0.2, -0.15) is 0 Å². The zero-order valence-electron chi connectivity index (χ0n) is 12.1. The van der Waals surface area contributed by atoms with E-state index >= 15 is 0 Å². The van der Waals surface area contributed by atoms with E-state index in [0.29, 0.717) is 0 Å². The van der Waals surface area contributed by atoms with Crippen molar-refractivity contribution in [3.8, 4) is 0 Å². The van der Waals surface area contributed by atoms with E-state index in [1.807, 2.05) is 0 Å². The van der Waals surface area contributed by atoms with Crippen molar-refractivity contribution in [2.24, 2.45) is 5.92 Å². The number of alkyl carbamates (subject to hydrolysis) is 1. The molecule has 0 unspecified atom stereocenters. The summed E-state index contributed by atoms with van der Waals surface area (Å²) in [4.78, 5) is 23.0. The molecule has 1 fully saturated rings. The van der Waals surface area contributed by atoms with Gasteiger partial charge in [0, 0.05) is 5.92 Å². The number of hydrogen-bond acceptors (Lipinski definition) is 6. The molecule has 0 saturated carbocycles. The average molecular weight is 307 g/mol. The van der Waals surface area contributed by atoms with Gasteiger partial charge in [-0.3, -0.25) is 4.79 Å². The van der Waals surface area contributed by atoms with Crippen LogP contribution in [-0.2, 0) is 24.1 Å². The van der Waals surface area contributed by atoms with Gasteiger partial charge in [0.1, 0.15) is 5.60 Å². The van der Waals surface area contributed by atoms with Gasteiger partial charge in [-0.15, -0.1) is 0 Å². The van der Waals surface area contributed by atoms with Crippen LogP contribution in [0, 0.1) is 5.92 Å². The van der Waals surface area contributed by atoms with Gasteiger partial charge in [-0.05, 0) is 20.8 Å². The molecule has 1 rings (SSSR count). The quantitative estimate of drug-likeness (QED) is 0.762. The molecule has 0 aliphatic carbocycles. The summed E-state index contributed by atoms with van der Waals surface area (Å²) < 4.78 is 32.9. The summed E-state index contributed by atoms with van der Waals surface area (Å²) in [6, 6.07) is -0.631. The van der Waals surface area contributed by atoms with E-state index in [1.165, 1.54) is 7.11 Å². The zero-order chi connectivity index (χ0) is 15.6. The molecule has 1 aliphatic rings. The number of amides is 1. The van der Waals surface area contributed by atoms with Crippen molar-refractivity contribution in [1.29, 1.82) is 0 Å². The van der Waals surface area contributed by atoms with Crippen molar-refractivity contribution in [3.05, 3.63) is 0 Å². The van der Waals surface area contributed by atoms with Crippen LogP contribution in [-0.4, -0.2) is 50.7 Å². The molecule has 20 heavy (non-hydrogen) atoms. The minimum Gasteiger partial charge on any atom is -0.469 e. The fraction of sp³-hybridized carbons (Fsp3) is 0.833. The molecule has 1 N–H and O–H groups in total. The topological polar surface area (TPSA) is 98.8 Å². The Labute approximate surface area is 118 Å². The molecule has 0 radical (unpaired) electrons. The number of carbonyl (C=O) groups is 2. The van der Waals surface area contributed by atoms with Crippen LogP contribution < -0.4 is 5.32 Å². The second-order valence-corrected chi connectivity index (χ2v) is 8.02. The second kappa shape index (κ2) is 5.99. The van der Waals surface area contributed by atoms with Crippen molar-refractivity contribution in [2.45, 2.75) is 38.8 Å². The molecule has 1 saturated heterocycles. The van der Waals surface area contributed by atoms with E-state index in [-0.39, 0.29) is 17.9 Å². The van der Waals surface area contributed by atoms with Gasteiger partial charge >= 0.3 is 12.1 Å². The Morgan fingerprint density at radius 3 is 2.35 bits per heavy atom. The minimum atomic E-state index is -3.27. The van der Waals surface area contributed by atoms with E-state index in [4.69, 9.17) is 4.74 Å². The highest BCUT2D eigenvalue weighted by molar-refractivity contribution is 7.91. The third-order valence-corrected chi connectivity index (χ3v) is 4.63. The van der Waals surface area contributed by atoms with Gasteiger partial charge in [0.15, 0.2) is 9.84 Å². The van der Waals surface area contributed by atoms with E-state index in [2.05, 4.69) is 10.1 Å². The van der Waals surface area contributed by atoms with Gasteiger partial charge in [0.25, 0.3) is 0 Å². The lowest BCUT2D eigenvalue weighted by Crippen LogP contribution is -2.43. The van der Waals surface area contributed by atoms with Crippen LogP contribution in [0.3, 0.4) is 0 Å². The molecule has 7 nitrogen and oxygen atoms in total. The number of methoxy groups -OCH3 is 1. The standard InChI is InChI=1S/C12H21NO6S/c1-12(2,3)19-11(15)13-9-7-20(16,17)6-8(9)5-10(14)18-4/h8-9H,5-7H2,1-4H3,(H,13,15)/t8-,9+/m0/s1. The lowest BCUT2D eigenvalue weighted by Gasteiger charge is -2.23. The number of sulfone groups is 1. The first kappa shape index (κ1) is 16.7. The van der Waals surface area contributed by atoms with Crippen LogP contribution in [0.5, 0.6) is 0 Å². The number of nitrogens with one attached hydrogen (secondary N) is 1.